The van der Waals surface area contributed by atoms with E-state index in [2.05, 4.69) is 37.4 Å². The minimum Gasteiger partial charge on any atom is -0.0652 e. The first kappa shape index (κ1) is 6.17. The topological polar surface area (TPSA) is 0 Å². The molecule has 2 rings (SSSR count). The maximum absolute atomic E-state index is 2.44. The summed E-state index contributed by atoms with van der Waals surface area (Å²) in [5.41, 5.74) is 1.60. The Bertz CT molecular complexity index is 263. The molecule has 0 aliphatic carbocycles. The van der Waals surface area contributed by atoms with Crippen LogP contribution < -0.4 is 5.19 Å². The lowest BCUT2D eigenvalue weighted by molar-refractivity contribution is 1.26. The maximum Gasteiger partial charge on any atom is 0.0852 e. The fourth-order valence-corrected chi connectivity index (χ4v) is 4.54. The molecule has 0 fully saturated rings. The van der Waals surface area contributed by atoms with Crippen molar-refractivity contribution in [3.05, 3.63) is 29.8 Å². The monoisotopic (exact) mass is 148 g/mol. The van der Waals surface area contributed by atoms with Crippen molar-refractivity contribution in [2.24, 2.45) is 0 Å². The second-order valence-corrected chi connectivity index (χ2v) is 8.38. The van der Waals surface area contributed by atoms with Crippen molar-refractivity contribution in [3.8, 4) is 0 Å². The highest BCUT2D eigenvalue weighted by Crippen LogP contribution is 2.21. The van der Waals surface area contributed by atoms with Crippen LogP contribution in [0.1, 0.15) is 5.56 Å². The smallest absolute Gasteiger partial charge is 0.0652 e. The minimum absolute atomic E-state index is 0.871. The Morgan fingerprint density at radius 3 is 2.40 bits per heavy atom. The molecule has 0 aromatic heterocycles. The van der Waals surface area contributed by atoms with Crippen LogP contribution in [0.25, 0.3) is 0 Å². The second-order valence-electron chi connectivity index (χ2n) is 3.72. The molecule has 1 aromatic carbocycles. The van der Waals surface area contributed by atoms with E-state index in [-0.39, 0.29) is 0 Å². The van der Waals surface area contributed by atoms with Crippen molar-refractivity contribution in [3.63, 3.8) is 0 Å². The van der Waals surface area contributed by atoms with Crippen LogP contribution >= 0.6 is 0 Å². The van der Waals surface area contributed by atoms with Gasteiger partial charge in [0.05, 0.1) is 8.07 Å². The van der Waals surface area contributed by atoms with Gasteiger partial charge in [-0.05, 0) is 6.04 Å². The van der Waals surface area contributed by atoms with Crippen molar-refractivity contribution in [2.45, 2.75) is 19.1 Å². The van der Waals surface area contributed by atoms with Gasteiger partial charge in [-0.15, -0.1) is 0 Å². The summed E-state index contributed by atoms with van der Waals surface area (Å²) in [6.45, 7) is 4.88. The first-order valence-electron chi connectivity index (χ1n) is 3.78. The van der Waals surface area contributed by atoms with E-state index in [0.717, 1.165) is 0 Å². The molecular formula is C9H12Si. The molecule has 1 aliphatic heterocycles. The molecule has 0 amide bonds. The molecule has 0 atom stereocenters. The van der Waals surface area contributed by atoms with Crippen molar-refractivity contribution in [1.82, 2.24) is 0 Å². The largest absolute Gasteiger partial charge is 0.0852 e. The highest BCUT2D eigenvalue weighted by molar-refractivity contribution is 6.93. The Balaban J connectivity index is 2.53. The third kappa shape index (κ3) is 0.671. The minimum atomic E-state index is -0.871. The molecule has 0 N–H and O–H groups in total. The predicted molar refractivity (Wildman–Crippen MR) is 47.3 cm³/mol. The second kappa shape index (κ2) is 1.73. The zero-order valence-corrected chi connectivity index (χ0v) is 7.52. The van der Waals surface area contributed by atoms with Crippen LogP contribution in [0.5, 0.6) is 0 Å². The summed E-state index contributed by atoms with van der Waals surface area (Å²) in [5, 5.41) is 1.68. The first-order chi connectivity index (χ1) is 4.70. The summed E-state index contributed by atoms with van der Waals surface area (Å²) in [7, 11) is -0.871. The molecule has 1 aliphatic rings. The number of fused-ring (bicyclic) bond motifs is 1. The average molecular weight is 148 g/mol. The summed E-state index contributed by atoms with van der Waals surface area (Å²) in [4.78, 5) is 0. The van der Waals surface area contributed by atoms with E-state index >= 15 is 0 Å². The summed E-state index contributed by atoms with van der Waals surface area (Å²) in [6, 6.07) is 10.2. The van der Waals surface area contributed by atoms with E-state index in [1.807, 2.05) is 0 Å². The van der Waals surface area contributed by atoms with Crippen molar-refractivity contribution >= 4 is 13.3 Å². The van der Waals surface area contributed by atoms with Crippen LogP contribution in [0.3, 0.4) is 0 Å². The van der Waals surface area contributed by atoms with Crippen molar-refractivity contribution in [1.29, 1.82) is 0 Å². The quantitative estimate of drug-likeness (QED) is 0.491. The maximum atomic E-state index is 2.44. The van der Waals surface area contributed by atoms with Crippen LogP contribution in [0, 0.1) is 0 Å². The van der Waals surface area contributed by atoms with E-state index in [1.165, 1.54) is 6.04 Å². The highest BCUT2D eigenvalue weighted by Gasteiger charge is 2.34. The van der Waals surface area contributed by atoms with Crippen LogP contribution in [-0.2, 0) is 6.04 Å². The third-order valence-corrected chi connectivity index (χ3v) is 5.59. The molecule has 0 bridgehead atoms. The van der Waals surface area contributed by atoms with Crippen LogP contribution in [0.4, 0.5) is 0 Å². The molecule has 52 valence electrons. The van der Waals surface area contributed by atoms with E-state index in [0.29, 0.717) is 0 Å². The van der Waals surface area contributed by atoms with Gasteiger partial charge in [0.25, 0.3) is 0 Å². The molecular weight excluding hydrogens is 136 g/mol. The summed E-state index contributed by atoms with van der Waals surface area (Å²) < 4.78 is 0. The standard InChI is InChI=1S/C9H12Si/c1-10(2)7-8-5-3-4-6-9(8)10/h3-6H,7H2,1-2H3. The van der Waals surface area contributed by atoms with Crippen LogP contribution in [-0.4, -0.2) is 8.07 Å². The number of hydrogen-bond donors (Lipinski definition) is 0. The van der Waals surface area contributed by atoms with Gasteiger partial charge < -0.3 is 0 Å². The lowest BCUT2D eigenvalue weighted by atomic mass is 10.2. The van der Waals surface area contributed by atoms with E-state index < -0.39 is 8.07 Å². The molecule has 0 nitrogen and oxygen atoms in total. The van der Waals surface area contributed by atoms with Gasteiger partial charge in [0.1, 0.15) is 0 Å². The molecule has 1 heteroatoms. The Morgan fingerprint density at radius 1 is 1.20 bits per heavy atom. The van der Waals surface area contributed by atoms with Gasteiger partial charge in [-0.1, -0.05) is 48.1 Å². The molecule has 1 heterocycles. The SMILES string of the molecule is C[Si]1(C)Cc2ccccc21. The molecule has 0 saturated carbocycles. The molecule has 0 spiro atoms. The van der Waals surface area contributed by atoms with Gasteiger partial charge in [0.15, 0.2) is 0 Å². The summed E-state index contributed by atoms with van der Waals surface area (Å²) in [5.74, 6) is 0. The van der Waals surface area contributed by atoms with E-state index in [1.54, 1.807) is 10.8 Å². The molecule has 10 heavy (non-hydrogen) atoms. The van der Waals surface area contributed by atoms with Crippen LogP contribution in [0.15, 0.2) is 24.3 Å². The Labute approximate surface area is 62.9 Å². The fraction of sp³-hybridized carbons (Fsp3) is 0.333. The number of hydrogen-bond acceptors (Lipinski definition) is 0. The van der Waals surface area contributed by atoms with Crippen molar-refractivity contribution < 1.29 is 0 Å². The zero-order valence-electron chi connectivity index (χ0n) is 6.52. The Kier molecular flexibility index (Phi) is 1.07. The van der Waals surface area contributed by atoms with E-state index in [9.17, 15) is 0 Å². The number of rotatable bonds is 0. The normalized spacial score (nSPS) is 19.4. The Morgan fingerprint density at radius 2 is 1.90 bits per heavy atom. The molecule has 0 unspecified atom stereocenters. The van der Waals surface area contributed by atoms with Gasteiger partial charge in [0, 0.05) is 0 Å². The third-order valence-electron chi connectivity index (χ3n) is 2.38. The average Bonchev–Trinajstić information content (AvgIpc) is 1.86. The lowest BCUT2D eigenvalue weighted by Crippen LogP contribution is -2.55. The Hall–Kier alpha value is -0.563. The van der Waals surface area contributed by atoms with Gasteiger partial charge in [-0.2, -0.15) is 0 Å². The highest BCUT2D eigenvalue weighted by atomic mass is 28.3. The summed E-state index contributed by atoms with van der Waals surface area (Å²) >= 11 is 0. The molecule has 0 radical (unpaired) electrons. The van der Waals surface area contributed by atoms with Gasteiger partial charge in [-0.25, -0.2) is 0 Å². The fourth-order valence-electron chi connectivity index (χ4n) is 1.80. The summed E-state index contributed by atoms with van der Waals surface area (Å²) in [6.07, 6.45) is 0. The first-order valence-corrected chi connectivity index (χ1v) is 6.99. The van der Waals surface area contributed by atoms with Crippen molar-refractivity contribution in [2.75, 3.05) is 0 Å². The van der Waals surface area contributed by atoms with Gasteiger partial charge >= 0.3 is 0 Å². The molecule has 1 aromatic rings. The number of benzene rings is 1. The van der Waals surface area contributed by atoms with Crippen LogP contribution in [0.2, 0.25) is 13.1 Å². The van der Waals surface area contributed by atoms with E-state index in [4.69, 9.17) is 0 Å². The predicted octanol–water partition coefficient (Wildman–Crippen LogP) is 1.70. The zero-order chi connectivity index (χ0) is 7.19. The lowest BCUT2D eigenvalue weighted by Gasteiger charge is -2.35. The van der Waals surface area contributed by atoms with Gasteiger partial charge in [0.2, 0.25) is 0 Å². The molecule has 0 saturated heterocycles. The van der Waals surface area contributed by atoms with Gasteiger partial charge in [-0.3, -0.25) is 0 Å².